The van der Waals surface area contributed by atoms with Crippen molar-refractivity contribution in [2.45, 2.75) is 32.7 Å². The predicted octanol–water partition coefficient (Wildman–Crippen LogP) is 4.31. The van der Waals surface area contributed by atoms with E-state index in [0.717, 1.165) is 35.7 Å². The topological polar surface area (TPSA) is 70.2 Å². The second-order valence-electron chi connectivity index (χ2n) is 7.73. The number of piperidine rings is 1. The fourth-order valence-corrected chi connectivity index (χ4v) is 3.96. The molecule has 2 aromatic carbocycles. The van der Waals surface area contributed by atoms with Gasteiger partial charge in [0.15, 0.2) is 0 Å². The number of benzene rings is 2. The molecule has 0 saturated carbocycles. The molecule has 6 nitrogen and oxygen atoms in total. The zero-order valence-corrected chi connectivity index (χ0v) is 17.6. The number of anilines is 1. The van der Waals surface area contributed by atoms with Gasteiger partial charge in [0.1, 0.15) is 5.75 Å². The number of hydrogen-bond acceptors (Lipinski definition) is 4. The highest BCUT2D eigenvalue weighted by Gasteiger charge is 2.16. The smallest absolute Gasteiger partial charge is 0.251 e. The molecule has 0 unspecified atom stereocenters. The van der Waals surface area contributed by atoms with Gasteiger partial charge in [-0.05, 0) is 68.1 Å². The molecule has 30 heavy (non-hydrogen) atoms. The summed E-state index contributed by atoms with van der Waals surface area (Å²) in [5, 5.41) is 10.2. The average molecular weight is 405 g/mol. The molecule has 0 aliphatic carbocycles. The lowest BCUT2D eigenvalue weighted by Crippen LogP contribution is -2.30. The Balaban J connectivity index is 1.46. The van der Waals surface area contributed by atoms with E-state index in [9.17, 15) is 4.79 Å². The van der Waals surface area contributed by atoms with Crippen LogP contribution in [-0.2, 0) is 6.54 Å². The Morgan fingerprint density at radius 3 is 2.63 bits per heavy atom. The standard InChI is InChI=1S/C24H28N4O2/c1-17-6-7-19(14-22(17)28-12-4-3-5-13-28)24(29)25-15-20-16-26-27-23(20)18-8-10-21(30-2)11-9-18/h6-11,14,16H,3-5,12-13,15H2,1-2H3,(H,25,29)(H,26,27). The van der Waals surface area contributed by atoms with E-state index in [1.54, 1.807) is 13.3 Å². The number of hydrogen-bond donors (Lipinski definition) is 2. The van der Waals surface area contributed by atoms with Gasteiger partial charge >= 0.3 is 0 Å². The summed E-state index contributed by atoms with van der Waals surface area (Å²) in [6.07, 6.45) is 5.47. The molecular weight excluding hydrogens is 376 g/mol. The Hall–Kier alpha value is -3.28. The van der Waals surface area contributed by atoms with E-state index in [0.29, 0.717) is 12.1 Å². The van der Waals surface area contributed by atoms with Crippen molar-refractivity contribution in [3.05, 3.63) is 65.4 Å². The molecule has 0 atom stereocenters. The molecule has 1 aliphatic heterocycles. The molecule has 3 aromatic rings. The Kier molecular flexibility index (Phi) is 6.02. The first kappa shape index (κ1) is 20.0. The molecule has 6 heteroatoms. The van der Waals surface area contributed by atoms with Gasteiger partial charge in [-0.1, -0.05) is 6.07 Å². The van der Waals surface area contributed by atoms with Crippen molar-refractivity contribution in [2.75, 3.05) is 25.1 Å². The molecule has 1 saturated heterocycles. The summed E-state index contributed by atoms with van der Waals surface area (Å²) in [6, 6.07) is 13.7. The van der Waals surface area contributed by atoms with E-state index in [1.807, 2.05) is 42.5 Å². The minimum atomic E-state index is -0.0739. The summed E-state index contributed by atoms with van der Waals surface area (Å²) >= 11 is 0. The zero-order valence-electron chi connectivity index (χ0n) is 17.6. The monoisotopic (exact) mass is 404 g/mol. The minimum absolute atomic E-state index is 0.0739. The van der Waals surface area contributed by atoms with E-state index >= 15 is 0 Å². The number of rotatable bonds is 6. The highest BCUT2D eigenvalue weighted by Crippen LogP contribution is 2.26. The zero-order chi connectivity index (χ0) is 20.9. The van der Waals surface area contributed by atoms with Gasteiger partial charge in [0.05, 0.1) is 19.0 Å². The molecule has 4 rings (SSSR count). The van der Waals surface area contributed by atoms with Crippen molar-refractivity contribution in [3.8, 4) is 17.0 Å². The van der Waals surface area contributed by atoms with Crippen LogP contribution in [0.2, 0.25) is 0 Å². The highest BCUT2D eigenvalue weighted by molar-refractivity contribution is 5.95. The normalized spacial score (nSPS) is 13.9. The molecule has 2 N–H and O–H groups in total. The quantitative estimate of drug-likeness (QED) is 0.642. The van der Waals surface area contributed by atoms with Crippen LogP contribution in [0.4, 0.5) is 5.69 Å². The van der Waals surface area contributed by atoms with Crippen LogP contribution in [0.5, 0.6) is 5.75 Å². The van der Waals surface area contributed by atoms with Crippen molar-refractivity contribution in [2.24, 2.45) is 0 Å². The Morgan fingerprint density at radius 2 is 1.90 bits per heavy atom. The predicted molar refractivity (Wildman–Crippen MR) is 119 cm³/mol. The Morgan fingerprint density at radius 1 is 1.13 bits per heavy atom. The summed E-state index contributed by atoms with van der Waals surface area (Å²) in [5.74, 6) is 0.729. The van der Waals surface area contributed by atoms with E-state index in [1.165, 1.54) is 30.5 Å². The van der Waals surface area contributed by atoms with Gasteiger partial charge in [-0.25, -0.2) is 0 Å². The molecule has 0 radical (unpaired) electrons. The number of aromatic nitrogens is 2. The van der Waals surface area contributed by atoms with E-state index < -0.39 is 0 Å². The van der Waals surface area contributed by atoms with Crippen molar-refractivity contribution in [1.82, 2.24) is 15.5 Å². The molecule has 1 aromatic heterocycles. The number of carbonyl (C=O) groups is 1. The molecule has 2 heterocycles. The molecule has 1 amide bonds. The third-order valence-electron chi connectivity index (χ3n) is 5.70. The van der Waals surface area contributed by atoms with Crippen molar-refractivity contribution >= 4 is 11.6 Å². The van der Waals surface area contributed by atoms with Crippen LogP contribution in [0.25, 0.3) is 11.3 Å². The fourth-order valence-electron chi connectivity index (χ4n) is 3.96. The van der Waals surface area contributed by atoms with Gasteiger partial charge in [-0.15, -0.1) is 0 Å². The fraction of sp³-hybridized carbons (Fsp3) is 0.333. The highest BCUT2D eigenvalue weighted by atomic mass is 16.5. The first-order chi connectivity index (χ1) is 14.7. The van der Waals surface area contributed by atoms with Crippen LogP contribution < -0.4 is 15.0 Å². The van der Waals surface area contributed by atoms with E-state index in [4.69, 9.17) is 4.74 Å². The maximum Gasteiger partial charge on any atom is 0.251 e. The number of nitrogens with zero attached hydrogens (tertiary/aromatic N) is 2. The lowest BCUT2D eigenvalue weighted by molar-refractivity contribution is 0.0951. The van der Waals surface area contributed by atoms with Crippen molar-refractivity contribution in [1.29, 1.82) is 0 Å². The van der Waals surface area contributed by atoms with Crippen LogP contribution in [0.3, 0.4) is 0 Å². The van der Waals surface area contributed by atoms with Crippen LogP contribution >= 0.6 is 0 Å². The van der Waals surface area contributed by atoms with Gasteiger partial charge in [-0.3, -0.25) is 9.89 Å². The lowest BCUT2D eigenvalue weighted by atomic mass is 10.0. The van der Waals surface area contributed by atoms with Crippen molar-refractivity contribution < 1.29 is 9.53 Å². The van der Waals surface area contributed by atoms with Crippen LogP contribution in [0.1, 0.15) is 40.7 Å². The summed E-state index contributed by atoms with van der Waals surface area (Å²) < 4.78 is 5.22. The van der Waals surface area contributed by atoms with Gasteiger partial charge in [0.25, 0.3) is 5.91 Å². The van der Waals surface area contributed by atoms with Gasteiger partial charge in [0.2, 0.25) is 0 Å². The second kappa shape index (κ2) is 9.03. The number of ether oxygens (including phenoxy) is 1. The number of aryl methyl sites for hydroxylation is 1. The molecular formula is C24H28N4O2. The summed E-state index contributed by atoms with van der Waals surface area (Å²) in [7, 11) is 1.65. The largest absolute Gasteiger partial charge is 0.497 e. The maximum absolute atomic E-state index is 12.8. The molecule has 156 valence electrons. The summed E-state index contributed by atoms with van der Waals surface area (Å²) in [5.41, 5.74) is 5.92. The van der Waals surface area contributed by atoms with Gasteiger partial charge in [0, 0.05) is 42.0 Å². The number of aromatic amines is 1. The van der Waals surface area contributed by atoms with Crippen molar-refractivity contribution in [3.63, 3.8) is 0 Å². The van der Waals surface area contributed by atoms with Crippen LogP contribution in [-0.4, -0.2) is 36.3 Å². The van der Waals surface area contributed by atoms with Gasteiger partial charge in [-0.2, -0.15) is 5.10 Å². The first-order valence-electron chi connectivity index (χ1n) is 10.5. The number of carbonyl (C=O) groups excluding carboxylic acids is 1. The summed E-state index contributed by atoms with van der Waals surface area (Å²) in [6.45, 7) is 4.64. The van der Waals surface area contributed by atoms with Crippen LogP contribution in [0, 0.1) is 6.92 Å². The average Bonchev–Trinajstić information content (AvgIpc) is 3.27. The number of amides is 1. The Labute approximate surface area is 177 Å². The SMILES string of the molecule is COc1ccc(-c2[nH]ncc2CNC(=O)c2ccc(C)c(N3CCCCC3)c2)cc1. The number of H-pyrrole nitrogens is 1. The number of methoxy groups -OCH3 is 1. The molecule has 0 bridgehead atoms. The van der Waals surface area contributed by atoms with Gasteiger partial charge < -0.3 is 15.0 Å². The third kappa shape index (κ3) is 4.32. The molecule has 1 fully saturated rings. The summed E-state index contributed by atoms with van der Waals surface area (Å²) in [4.78, 5) is 15.2. The molecule has 1 aliphatic rings. The van der Waals surface area contributed by atoms with Crippen LogP contribution in [0.15, 0.2) is 48.7 Å². The van der Waals surface area contributed by atoms with E-state index in [2.05, 4.69) is 27.3 Å². The minimum Gasteiger partial charge on any atom is -0.497 e. The lowest BCUT2D eigenvalue weighted by Gasteiger charge is -2.30. The third-order valence-corrected chi connectivity index (χ3v) is 5.70. The second-order valence-corrected chi connectivity index (χ2v) is 7.73. The number of nitrogens with one attached hydrogen (secondary N) is 2. The maximum atomic E-state index is 12.8. The Bertz CT molecular complexity index is 1000. The van der Waals surface area contributed by atoms with E-state index in [-0.39, 0.29) is 5.91 Å². The molecule has 0 spiro atoms. The first-order valence-corrected chi connectivity index (χ1v) is 10.5.